The van der Waals surface area contributed by atoms with Gasteiger partial charge < -0.3 is 15.5 Å². The molecule has 0 aliphatic carbocycles. The van der Waals surface area contributed by atoms with Gasteiger partial charge in [0.15, 0.2) is 11.6 Å². The zero-order valence-corrected chi connectivity index (χ0v) is 18.2. The zero-order chi connectivity index (χ0) is 22.7. The second-order valence-corrected chi connectivity index (χ2v) is 8.47. The first-order valence-corrected chi connectivity index (χ1v) is 11.0. The molecule has 0 spiro atoms. The van der Waals surface area contributed by atoms with Gasteiger partial charge in [0, 0.05) is 37.6 Å². The van der Waals surface area contributed by atoms with Crippen LogP contribution >= 0.6 is 0 Å². The molecule has 0 bridgehead atoms. The fourth-order valence-electron chi connectivity index (χ4n) is 4.55. The van der Waals surface area contributed by atoms with Gasteiger partial charge in [-0.2, -0.15) is 0 Å². The summed E-state index contributed by atoms with van der Waals surface area (Å²) >= 11 is 0. The van der Waals surface area contributed by atoms with Gasteiger partial charge in [0.05, 0.1) is 6.04 Å². The number of hydrogen-bond acceptors (Lipinski definition) is 4. The number of anilines is 2. The molecule has 170 valence electrons. The molecule has 8 heteroatoms. The van der Waals surface area contributed by atoms with Crippen LogP contribution in [0.3, 0.4) is 0 Å². The summed E-state index contributed by atoms with van der Waals surface area (Å²) in [4.78, 5) is 29.3. The third-order valence-corrected chi connectivity index (χ3v) is 6.26. The Bertz CT molecular complexity index is 1010. The van der Waals surface area contributed by atoms with E-state index in [4.69, 9.17) is 0 Å². The van der Waals surface area contributed by atoms with E-state index in [1.165, 1.54) is 17.3 Å². The van der Waals surface area contributed by atoms with Crippen molar-refractivity contribution in [2.75, 3.05) is 43.4 Å². The van der Waals surface area contributed by atoms with Crippen molar-refractivity contribution in [1.29, 1.82) is 0 Å². The number of halogens is 2. The molecule has 4 rings (SSSR count). The molecule has 32 heavy (non-hydrogen) atoms. The average Bonchev–Trinajstić information content (AvgIpc) is 3.31. The Morgan fingerprint density at radius 1 is 0.969 bits per heavy atom. The molecule has 6 nitrogen and oxygen atoms in total. The Balaban J connectivity index is 1.44. The number of benzene rings is 2. The van der Waals surface area contributed by atoms with E-state index in [0.717, 1.165) is 63.0 Å². The second kappa shape index (κ2) is 9.65. The van der Waals surface area contributed by atoms with E-state index in [1.54, 1.807) is 0 Å². The maximum atomic E-state index is 13.4. The summed E-state index contributed by atoms with van der Waals surface area (Å²) in [5.41, 5.74) is 3.71. The molecule has 1 atom stereocenters. The third-order valence-electron chi connectivity index (χ3n) is 6.26. The highest BCUT2D eigenvalue weighted by Gasteiger charge is 2.26. The van der Waals surface area contributed by atoms with Gasteiger partial charge >= 0.3 is 11.8 Å². The smallest absolute Gasteiger partial charge is 0.313 e. The van der Waals surface area contributed by atoms with Gasteiger partial charge in [-0.15, -0.1) is 0 Å². The van der Waals surface area contributed by atoms with Crippen molar-refractivity contribution in [2.24, 2.45) is 0 Å². The predicted octanol–water partition coefficient (Wildman–Crippen LogP) is 3.24. The van der Waals surface area contributed by atoms with Crippen molar-refractivity contribution in [2.45, 2.75) is 31.7 Å². The molecule has 2 amide bonds. The van der Waals surface area contributed by atoms with E-state index in [0.29, 0.717) is 6.54 Å². The van der Waals surface area contributed by atoms with Gasteiger partial charge in [-0.1, -0.05) is 12.1 Å². The van der Waals surface area contributed by atoms with Gasteiger partial charge in [-0.25, -0.2) is 8.78 Å². The van der Waals surface area contributed by atoms with Crippen LogP contribution in [-0.2, 0) is 16.0 Å². The third kappa shape index (κ3) is 4.91. The van der Waals surface area contributed by atoms with Crippen molar-refractivity contribution in [1.82, 2.24) is 10.2 Å². The standard InChI is InChI=1S/C24H28F2N4O2/c1-29-10-4-5-16-13-17(6-9-21(16)29)22(30-11-2-3-12-30)15-27-23(31)24(32)28-18-7-8-19(25)20(26)14-18/h6-9,13-14,22H,2-5,10-12,15H2,1H3,(H,27,31)(H,28,32). The number of carbonyl (C=O) groups is 2. The topological polar surface area (TPSA) is 64.7 Å². The predicted molar refractivity (Wildman–Crippen MR) is 120 cm³/mol. The normalized spacial score (nSPS) is 17.0. The van der Waals surface area contributed by atoms with Crippen molar-refractivity contribution in [3.05, 3.63) is 59.2 Å². The number of fused-ring (bicyclic) bond motifs is 1. The fraction of sp³-hybridized carbons (Fsp3) is 0.417. The van der Waals surface area contributed by atoms with Crippen LogP contribution in [0.4, 0.5) is 20.2 Å². The minimum atomic E-state index is -1.09. The number of hydrogen-bond donors (Lipinski definition) is 2. The number of aryl methyl sites for hydroxylation is 1. The van der Waals surface area contributed by atoms with Crippen molar-refractivity contribution < 1.29 is 18.4 Å². The molecule has 2 N–H and O–H groups in total. The molecule has 2 aromatic rings. The summed E-state index contributed by atoms with van der Waals surface area (Å²) in [5, 5.41) is 5.03. The molecular weight excluding hydrogens is 414 g/mol. The molecule has 2 heterocycles. The van der Waals surface area contributed by atoms with Crippen LogP contribution in [0.1, 0.15) is 36.4 Å². The molecule has 0 radical (unpaired) electrons. The van der Waals surface area contributed by atoms with Gasteiger partial charge in [0.25, 0.3) is 0 Å². The molecule has 0 saturated carbocycles. The minimum Gasteiger partial charge on any atom is -0.374 e. The first-order valence-electron chi connectivity index (χ1n) is 11.0. The lowest BCUT2D eigenvalue weighted by Gasteiger charge is -2.31. The van der Waals surface area contributed by atoms with Crippen LogP contribution in [0.25, 0.3) is 0 Å². The van der Waals surface area contributed by atoms with Crippen molar-refractivity contribution in [3.8, 4) is 0 Å². The minimum absolute atomic E-state index is 0.0268. The Labute approximate surface area is 186 Å². The summed E-state index contributed by atoms with van der Waals surface area (Å²) in [6.07, 6.45) is 4.36. The monoisotopic (exact) mass is 442 g/mol. The maximum absolute atomic E-state index is 13.4. The van der Waals surface area contributed by atoms with E-state index >= 15 is 0 Å². The molecule has 2 aliphatic rings. The highest BCUT2D eigenvalue weighted by atomic mass is 19.2. The van der Waals surface area contributed by atoms with Gasteiger partial charge in [-0.05, 0) is 68.1 Å². The molecule has 1 saturated heterocycles. The van der Waals surface area contributed by atoms with Crippen LogP contribution in [0, 0.1) is 11.6 Å². The van der Waals surface area contributed by atoms with Crippen molar-refractivity contribution >= 4 is 23.2 Å². The van der Waals surface area contributed by atoms with E-state index in [9.17, 15) is 18.4 Å². The van der Waals surface area contributed by atoms with Gasteiger partial charge in [0.2, 0.25) is 0 Å². The van der Waals surface area contributed by atoms with Crippen LogP contribution in [-0.4, -0.2) is 49.9 Å². The molecule has 1 fully saturated rings. The Morgan fingerprint density at radius 3 is 2.50 bits per heavy atom. The number of nitrogens with one attached hydrogen (secondary N) is 2. The van der Waals surface area contributed by atoms with Crippen LogP contribution in [0.2, 0.25) is 0 Å². The maximum Gasteiger partial charge on any atom is 0.313 e. The quantitative estimate of drug-likeness (QED) is 0.698. The van der Waals surface area contributed by atoms with Crippen LogP contribution in [0.5, 0.6) is 0 Å². The fourth-order valence-corrected chi connectivity index (χ4v) is 4.55. The lowest BCUT2D eigenvalue weighted by atomic mass is 9.96. The number of rotatable bonds is 5. The van der Waals surface area contributed by atoms with Crippen LogP contribution < -0.4 is 15.5 Å². The number of carbonyl (C=O) groups excluding carboxylic acids is 2. The summed E-state index contributed by atoms with van der Waals surface area (Å²) < 4.78 is 26.4. The van der Waals surface area contributed by atoms with Crippen LogP contribution in [0.15, 0.2) is 36.4 Å². The molecule has 1 unspecified atom stereocenters. The molecule has 2 aromatic carbocycles. The Kier molecular flexibility index (Phi) is 6.69. The lowest BCUT2D eigenvalue weighted by molar-refractivity contribution is -0.136. The first kappa shape index (κ1) is 22.2. The average molecular weight is 443 g/mol. The first-order chi connectivity index (χ1) is 15.4. The van der Waals surface area contributed by atoms with Gasteiger partial charge in [-0.3, -0.25) is 14.5 Å². The van der Waals surface area contributed by atoms with E-state index in [-0.39, 0.29) is 11.7 Å². The summed E-state index contributed by atoms with van der Waals surface area (Å²) in [7, 11) is 2.10. The SMILES string of the molecule is CN1CCCc2cc(C(CNC(=O)C(=O)Nc3ccc(F)c(F)c3)N3CCCC3)ccc21. The molecule has 2 aliphatic heterocycles. The highest BCUT2D eigenvalue weighted by Crippen LogP contribution is 2.31. The Morgan fingerprint density at radius 2 is 1.75 bits per heavy atom. The molecule has 0 aromatic heterocycles. The lowest BCUT2D eigenvalue weighted by Crippen LogP contribution is -2.41. The largest absolute Gasteiger partial charge is 0.374 e. The summed E-state index contributed by atoms with van der Waals surface area (Å²) in [5.74, 6) is -3.83. The van der Waals surface area contributed by atoms with E-state index in [1.807, 2.05) is 0 Å². The molecular formula is C24H28F2N4O2. The zero-order valence-electron chi connectivity index (χ0n) is 18.2. The summed E-state index contributed by atoms with van der Waals surface area (Å²) in [6.45, 7) is 3.22. The summed E-state index contributed by atoms with van der Waals surface area (Å²) in [6, 6.07) is 9.40. The number of amides is 2. The second-order valence-electron chi connectivity index (χ2n) is 8.47. The van der Waals surface area contributed by atoms with E-state index in [2.05, 4.69) is 45.7 Å². The highest BCUT2D eigenvalue weighted by molar-refractivity contribution is 6.39. The Hall–Kier alpha value is -3.00. The van der Waals surface area contributed by atoms with Crippen molar-refractivity contribution in [3.63, 3.8) is 0 Å². The number of nitrogens with zero attached hydrogens (tertiary/aromatic N) is 2. The van der Waals surface area contributed by atoms with Gasteiger partial charge in [0.1, 0.15) is 0 Å². The number of likely N-dealkylation sites (tertiary alicyclic amines) is 1. The van der Waals surface area contributed by atoms with E-state index < -0.39 is 23.4 Å².